The van der Waals surface area contributed by atoms with Crippen LogP contribution in [0.2, 0.25) is 0 Å². The molecule has 0 spiro atoms. The Bertz CT molecular complexity index is 955. The summed E-state index contributed by atoms with van der Waals surface area (Å²) in [5.41, 5.74) is 0. The second kappa shape index (κ2) is 51.5. The molecule has 1 unspecified atom stereocenters. The number of allylic oxidation sites excluding steroid dienone is 6. The molecule has 1 atom stereocenters. The minimum absolute atomic E-state index is 0.0843. The Morgan fingerprint density at radius 2 is 0.700 bits per heavy atom. The van der Waals surface area contributed by atoms with Crippen molar-refractivity contribution in [1.82, 2.24) is 0 Å². The molecular weight excluding hydrogens is 741 g/mol. The lowest BCUT2D eigenvalue weighted by atomic mass is 10.0. The van der Waals surface area contributed by atoms with Crippen LogP contribution in [-0.4, -0.2) is 37.9 Å². The molecule has 0 amide bonds. The molecule has 0 bridgehead atoms. The molecule has 0 aliphatic heterocycles. The number of carbonyl (C=O) groups excluding carboxylic acids is 2. The first-order valence-corrected chi connectivity index (χ1v) is 26.5. The summed E-state index contributed by atoms with van der Waals surface area (Å²) >= 11 is 0. The van der Waals surface area contributed by atoms with Gasteiger partial charge < -0.3 is 14.2 Å². The van der Waals surface area contributed by atoms with Gasteiger partial charge in [-0.15, -0.1) is 0 Å². The number of hydrogen-bond acceptors (Lipinski definition) is 5. The second-order valence-electron chi connectivity index (χ2n) is 17.8. The summed E-state index contributed by atoms with van der Waals surface area (Å²) in [5.74, 6) is -0.396. The molecule has 60 heavy (non-hydrogen) atoms. The summed E-state index contributed by atoms with van der Waals surface area (Å²) in [6.45, 7) is 7.83. The van der Waals surface area contributed by atoms with Gasteiger partial charge >= 0.3 is 11.9 Å². The van der Waals surface area contributed by atoms with Crippen molar-refractivity contribution in [2.45, 2.75) is 284 Å². The lowest BCUT2D eigenvalue weighted by Crippen LogP contribution is -2.30. The van der Waals surface area contributed by atoms with Crippen LogP contribution < -0.4 is 0 Å². The lowest BCUT2D eigenvalue weighted by molar-refractivity contribution is -0.163. The van der Waals surface area contributed by atoms with Crippen LogP contribution in [0.1, 0.15) is 278 Å². The molecule has 5 heteroatoms. The zero-order valence-electron chi connectivity index (χ0n) is 40.5. The van der Waals surface area contributed by atoms with Crippen molar-refractivity contribution in [2.75, 3.05) is 19.8 Å². The van der Waals surface area contributed by atoms with Gasteiger partial charge in [0.15, 0.2) is 6.10 Å². The molecule has 0 fully saturated rings. The predicted octanol–water partition coefficient (Wildman–Crippen LogP) is 17.8. The normalized spacial score (nSPS) is 12.4. The van der Waals surface area contributed by atoms with Crippen LogP contribution in [0.4, 0.5) is 0 Å². The molecular formula is C55H102O5. The zero-order valence-corrected chi connectivity index (χ0v) is 40.5. The van der Waals surface area contributed by atoms with Crippen LogP contribution in [0, 0.1) is 0 Å². The van der Waals surface area contributed by atoms with Crippen molar-refractivity contribution >= 4 is 11.9 Å². The first-order valence-electron chi connectivity index (χ1n) is 26.5. The van der Waals surface area contributed by atoms with Gasteiger partial charge in [-0.3, -0.25) is 9.59 Å². The molecule has 0 aliphatic rings. The maximum atomic E-state index is 12.8. The maximum absolute atomic E-state index is 12.8. The molecule has 0 rings (SSSR count). The Morgan fingerprint density at radius 1 is 0.367 bits per heavy atom. The fourth-order valence-electron chi connectivity index (χ4n) is 7.69. The summed E-state index contributed by atoms with van der Waals surface area (Å²) in [4.78, 5) is 25.4. The number of esters is 2. The first kappa shape index (κ1) is 58.1. The van der Waals surface area contributed by atoms with Crippen molar-refractivity contribution in [3.63, 3.8) is 0 Å². The maximum Gasteiger partial charge on any atom is 0.306 e. The highest BCUT2D eigenvalue weighted by Gasteiger charge is 2.17. The van der Waals surface area contributed by atoms with Crippen LogP contribution in [0.3, 0.4) is 0 Å². The predicted molar refractivity (Wildman–Crippen MR) is 261 cm³/mol. The van der Waals surface area contributed by atoms with Gasteiger partial charge in [0.25, 0.3) is 0 Å². The van der Waals surface area contributed by atoms with Crippen molar-refractivity contribution in [1.29, 1.82) is 0 Å². The van der Waals surface area contributed by atoms with E-state index in [1.54, 1.807) is 0 Å². The highest BCUT2D eigenvalue weighted by Crippen LogP contribution is 2.16. The quantitative estimate of drug-likeness (QED) is 0.0347. The largest absolute Gasteiger partial charge is 0.462 e. The van der Waals surface area contributed by atoms with E-state index in [0.29, 0.717) is 19.4 Å². The van der Waals surface area contributed by atoms with Crippen LogP contribution in [0.25, 0.3) is 0 Å². The Labute approximate surface area is 374 Å². The first-order chi connectivity index (χ1) is 29.6. The number of unbranched alkanes of at least 4 members (excludes halogenated alkanes) is 32. The highest BCUT2D eigenvalue weighted by molar-refractivity contribution is 5.70. The summed E-state index contributed by atoms with van der Waals surface area (Å²) in [6, 6.07) is 0. The molecule has 0 saturated carbocycles. The number of carbonyl (C=O) groups is 2. The van der Waals surface area contributed by atoms with E-state index in [4.69, 9.17) is 14.2 Å². The van der Waals surface area contributed by atoms with E-state index < -0.39 is 6.10 Å². The standard InChI is InChI=1S/C55H102O5/c1-4-7-10-13-16-19-22-24-26-27-28-29-31-32-34-36-39-42-45-48-54(56)59-52-53(51-58-50-47-44-41-38-21-18-15-12-9-6-3)60-55(57)49-46-43-40-37-35-33-30-25-23-20-17-14-11-8-5-2/h16,19,24,26,28-29,53H,4-15,17-18,20-23,25,27,30-52H2,1-3H3/b19-16-,26-24-,29-28-. The number of ether oxygens (including phenoxy) is 3. The average Bonchev–Trinajstić information content (AvgIpc) is 3.25. The summed E-state index contributed by atoms with van der Waals surface area (Å²) in [6.07, 6.45) is 61.5. The van der Waals surface area contributed by atoms with Crippen molar-refractivity contribution < 1.29 is 23.8 Å². The molecule has 0 aromatic carbocycles. The molecule has 0 saturated heterocycles. The zero-order chi connectivity index (χ0) is 43.5. The SMILES string of the molecule is CCCCC/C=C\C/C=C\C/C=C\CCCCCCCCC(=O)OCC(COCCCCCCCCCCCC)OC(=O)CCCCCCCCCCCCCCCCC. The minimum atomic E-state index is -0.534. The monoisotopic (exact) mass is 843 g/mol. The van der Waals surface area contributed by atoms with E-state index in [1.165, 1.54) is 186 Å². The van der Waals surface area contributed by atoms with E-state index in [9.17, 15) is 9.59 Å². The topological polar surface area (TPSA) is 61.8 Å². The molecule has 0 aromatic heterocycles. The van der Waals surface area contributed by atoms with Gasteiger partial charge in [0.2, 0.25) is 0 Å². The third-order valence-corrected chi connectivity index (χ3v) is 11.7. The van der Waals surface area contributed by atoms with E-state index in [0.717, 1.165) is 57.8 Å². The highest BCUT2D eigenvalue weighted by atomic mass is 16.6. The van der Waals surface area contributed by atoms with Gasteiger partial charge in [-0.2, -0.15) is 0 Å². The van der Waals surface area contributed by atoms with Gasteiger partial charge in [-0.05, 0) is 57.8 Å². The Balaban J connectivity index is 4.20. The van der Waals surface area contributed by atoms with Gasteiger partial charge in [0.05, 0.1) is 6.61 Å². The van der Waals surface area contributed by atoms with Crippen molar-refractivity contribution in [2.24, 2.45) is 0 Å². The van der Waals surface area contributed by atoms with Crippen molar-refractivity contribution in [3.05, 3.63) is 36.5 Å². The fraction of sp³-hybridized carbons (Fsp3) is 0.855. The van der Waals surface area contributed by atoms with E-state index in [2.05, 4.69) is 57.2 Å². The molecule has 5 nitrogen and oxygen atoms in total. The fourth-order valence-corrected chi connectivity index (χ4v) is 7.69. The summed E-state index contributed by atoms with van der Waals surface area (Å²) < 4.78 is 17.4. The Hall–Kier alpha value is -1.88. The Kier molecular flexibility index (Phi) is 49.9. The second-order valence-corrected chi connectivity index (χ2v) is 17.8. The van der Waals surface area contributed by atoms with Crippen LogP contribution in [0.15, 0.2) is 36.5 Å². The smallest absolute Gasteiger partial charge is 0.306 e. The van der Waals surface area contributed by atoms with E-state index in [1.807, 2.05) is 0 Å². The van der Waals surface area contributed by atoms with E-state index >= 15 is 0 Å². The minimum Gasteiger partial charge on any atom is -0.462 e. The van der Waals surface area contributed by atoms with Crippen molar-refractivity contribution in [3.8, 4) is 0 Å². The number of rotatable bonds is 49. The molecule has 0 N–H and O–H groups in total. The van der Waals surface area contributed by atoms with Crippen LogP contribution in [-0.2, 0) is 23.8 Å². The van der Waals surface area contributed by atoms with E-state index in [-0.39, 0.29) is 25.2 Å². The molecule has 0 aliphatic carbocycles. The summed E-state index contributed by atoms with van der Waals surface area (Å²) in [7, 11) is 0. The molecule has 0 radical (unpaired) electrons. The van der Waals surface area contributed by atoms with Gasteiger partial charge in [-0.25, -0.2) is 0 Å². The third kappa shape index (κ3) is 48.8. The lowest BCUT2D eigenvalue weighted by Gasteiger charge is -2.18. The Morgan fingerprint density at radius 3 is 1.15 bits per heavy atom. The average molecular weight is 843 g/mol. The molecule has 0 aromatic rings. The van der Waals surface area contributed by atoms with Crippen LogP contribution >= 0.6 is 0 Å². The van der Waals surface area contributed by atoms with Gasteiger partial charge in [-0.1, -0.05) is 243 Å². The number of hydrogen-bond donors (Lipinski definition) is 0. The molecule has 0 heterocycles. The molecule has 352 valence electrons. The van der Waals surface area contributed by atoms with Gasteiger partial charge in [0.1, 0.15) is 6.61 Å². The van der Waals surface area contributed by atoms with Crippen LogP contribution in [0.5, 0.6) is 0 Å². The summed E-state index contributed by atoms with van der Waals surface area (Å²) in [5, 5.41) is 0. The van der Waals surface area contributed by atoms with Gasteiger partial charge in [0, 0.05) is 19.4 Å². The third-order valence-electron chi connectivity index (χ3n) is 11.7.